The molecule has 1 amide bonds. The maximum absolute atomic E-state index is 12.7. The highest BCUT2D eigenvalue weighted by atomic mass is 32.2. The van der Waals surface area contributed by atoms with Gasteiger partial charge in [0.05, 0.1) is 42.2 Å². The molecule has 0 spiro atoms. The molecule has 1 aliphatic rings. The molecular formula is C19H23N3O7S. The van der Waals surface area contributed by atoms with E-state index in [9.17, 15) is 18.0 Å². The van der Waals surface area contributed by atoms with Gasteiger partial charge < -0.3 is 23.7 Å². The highest BCUT2D eigenvalue weighted by Gasteiger charge is 2.23. The number of carbonyl (C=O) groups excluding carboxylic acids is 2. The summed E-state index contributed by atoms with van der Waals surface area (Å²) in [6, 6.07) is 7.44. The van der Waals surface area contributed by atoms with Crippen LogP contribution in [0, 0.1) is 0 Å². The molecule has 30 heavy (non-hydrogen) atoms. The second-order valence-electron chi connectivity index (χ2n) is 6.73. The van der Waals surface area contributed by atoms with Crippen molar-refractivity contribution in [1.29, 1.82) is 0 Å². The number of nitrogens with two attached hydrogens (primary N) is 1. The Hall–Kier alpha value is -2.89. The van der Waals surface area contributed by atoms with E-state index in [2.05, 4.69) is 0 Å². The minimum absolute atomic E-state index is 0.0184. The summed E-state index contributed by atoms with van der Waals surface area (Å²) >= 11 is 0. The molecule has 0 radical (unpaired) electrons. The Bertz CT molecular complexity index is 999. The van der Waals surface area contributed by atoms with Crippen molar-refractivity contribution in [2.24, 2.45) is 5.14 Å². The second kappa shape index (κ2) is 9.28. The lowest BCUT2D eigenvalue weighted by molar-refractivity contribution is -0.133. The highest BCUT2D eigenvalue weighted by Crippen LogP contribution is 2.25. The molecule has 0 unspecified atom stereocenters. The average molecular weight is 437 g/mol. The third kappa shape index (κ3) is 5.38. The summed E-state index contributed by atoms with van der Waals surface area (Å²) in [4.78, 5) is 28.0. The van der Waals surface area contributed by atoms with Gasteiger partial charge in [-0.15, -0.1) is 0 Å². The predicted octanol–water partition coefficient (Wildman–Crippen LogP) is 0.579. The van der Waals surface area contributed by atoms with Crippen molar-refractivity contribution < 1.29 is 31.9 Å². The van der Waals surface area contributed by atoms with Crippen LogP contribution >= 0.6 is 0 Å². The van der Waals surface area contributed by atoms with Crippen molar-refractivity contribution in [3.8, 4) is 0 Å². The molecule has 2 aromatic rings. The number of furan rings is 1. The molecule has 0 atom stereocenters. The van der Waals surface area contributed by atoms with Gasteiger partial charge in [-0.1, -0.05) is 0 Å². The fourth-order valence-electron chi connectivity index (χ4n) is 2.98. The molecule has 0 bridgehead atoms. The zero-order valence-corrected chi connectivity index (χ0v) is 17.3. The summed E-state index contributed by atoms with van der Waals surface area (Å²) < 4.78 is 39.1. The first kappa shape index (κ1) is 21.8. The van der Waals surface area contributed by atoms with Gasteiger partial charge in [-0.3, -0.25) is 4.79 Å². The summed E-state index contributed by atoms with van der Waals surface area (Å²) in [7, 11) is -2.46. The number of rotatable bonds is 7. The van der Waals surface area contributed by atoms with Crippen LogP contribution in [-0.2, 0) is 30.8 Å². The summed E-state index contributed by atoms with van der Waals surface area (Å²) in [6.07, 6.45) is 1.50. The number of hydrogen-bond donors (Lipinski definition) is 1. The fraction of sp³-hybridized carbons (Fsp3) is 0.368. The number of hydrogen-bond acceptors (Lipinski definition) is 8. The molecule has 10 nitrogen and oxygen atoms in total. The Balaban J connectivity index is 1.74. The van der Waals surface area contributed by atoms with Crippen molar-refractivity contribution in [3.05, 3.63) is 47.9 Å². The highest BCUT2D eigenvalue weighted by molar-refractivity contribution is 7.89. The molecule has 1 aromatic carbocycles. The first-order chi connectivity index (χ1) is 14.3. The third-order valence-electron chi connectivity index (χ3n) is 4.59. The molecule has 162 valence electrons. The van der Waals surface area contributed by atoms with Gasteiger partial charge in [0.15, 0.2) is 6.61 Å². The molecule has 3 rings (SSSR count). The average Bonchev–Trinajstić information content (AvgIpc) is 3.24. The normalized spacial score (nSPS) is 14.4. The lowest BCUT2D eigenvalue weighted by atomic mass is 10.1. The second-order valence-corrected chi connectivity index (χ2v) is 8.29. The van der Waals surface area contributed by atoms with Gasteiger partial charge >= 0.3 is 5.97 Å². The van der Waals surface area contributed by atoms with E-state index in [4.69, 9.17) is 19.0 Å². The summed E-state index contributed by atoms with van der Waals surface area (Å²) in [5, 5.41) is 5.20. The van der Waals surface area contributed by atoms with E-state index in [1.807, 2.05) is 4.90 Å². The quantitative estimate of drug-likeness (QED) is 0.622. The van der Waals surface area contributed by atoms with Gasteiger partial charge in [0.1, 0.15) is 5.76 Å². The number of anilines is 1. The molecular weight excluding hydrogens is 414 g/mol. The van der Waals surface area contributed by atoms with Crippen LogP contribution in [0.25, 0.3) is 0 Å². The monoisotopic (exact) mass is 437 g/mol. The lowest BCUT2D eigenvalue weighted by Crippen LogP contribution is -2.37. The fourth-order valence-corrected chi connectivity index (χ4v) is 3.52. The Labute approximate surface area is 174 Å². The zero-order chi connectivity index (χ0) is 21.7. The number of carbonyl (C=O) groups is 2. The van der Waals surface area contributed by atoms with Crippen LogP contribution in [0.1, 0.15) is 16.1 Å². The Morgan fingerprint density at radius 3 is 2.60 bits per heavy atom. The maximum atomic E-state index is 12.7. The molecule has 2 heterocycles. The number of sulfonamides is 1. The SMILES string of the molecule is CN(Cc1ccco1)C(=O)COC(=O)c1cc(S(N)(=O)=O)ccc1N1CCOCC1. The molecule has 1 fully saturated rings. The van der Waals surface area contributed by atoms with Crippen molar-refractivity contribution >= 4 is 27.6 Å². The molecule has 1 saturated heterocycles. The third-order valence-corrected chi connectivity index (χ3v) is 5.50. The summed E-state index contributed by atoms with van der Waals surface area (Å²) in [5.41, 5.74) is 0.511. The largest absolute Gasteiger partial charge is 0.467 e. The number of amides is 1. The van der Waals surface area contributed by atoms with Crippen LogP contribution in [0.2, 0.25) is 0 Å². The number of likely N-dealkylation sites (N-methyl/N-ethyl adjacent to an activating group) is 1. The van der Waals surface area contributed by atoms with E-state index in [-0.39, 0.29) is 17.0 Å². The van der Waals surface area contributed by atoms with Gasteiger partial charge in [-0.05, 0) is 30.3 Å². The number of benzene rings is 1. The van der Waals surface area contributed by atoms with Gasteiger partial charge in [0.2, 0.25) is 10.0 Å². The number of nitrogens with zero attached hydrogens (tertiary/aromatic N) is 2. The van der Waals surface area contributed by atoms with E-state index in [1.54, 1.807) is 19.2 Å². The Morgan fingerprint density at radius 2 is 1.97 bits per heavy atom. The van der Waals surface area contributed by atoms with Crippen molar-refractivity contribution in [2.45, 2.75) is 11.4 Å². The lowest BCUT2D eigenvalue weighted by Gasteiger charge is -2.30. The van der Waals surface area contributed by atoms with Crippen LogP contribution in [0.4, 0.5) is 5.69 Å². The Kier molecular flexibility index (Phi) is 6.75. The molecule has 0 saturated carbocycles. The minimum Gasteiger partial charge on any atom is -0.467 e. The van der Waals surface area contributed by atoms with E-state index in [0.717, 1.165) is 0 Å². The Morgan fingerprint density at radius 1 is 1.23 bits per heavy atom. The molecule has 2 N–H and O–H groups in total. The topological polar surface area (TPSA) is 132 Å². The van der Waals surface area contributed by atoms with Crippen LogP contribution < -0.4 is 10.0 Å². The van der Waals surface area contributed by atoms with Gasteiger partial charge in [-0.25, -0.2) is 18.4 Å². The predicted molar refractivity (Wildman–Crippen MR) is 106 cm³/mol. The first-order valence-electron chi connectivity index (χ1n) is 9.18. The van der Waals surface area contributed by atoms with Crippen LogP contribution in [-0.4, -0.2) is 65.2 Å². The van der Waals surface area contributed by atoms with Crippen molar-refractivity contribution in [2.75, 3.05) is 44.9 Å². The number of esters is 1. The van der Waals surface area contributed by atoms with Crippen molar-refractivity contribution in [3.63, 3.8) is 0 Å². The van der Waals surface area contributed by atoms with Gasteiger partial charge in [-0.2, -0.15) is 0 Å². The molecule has 1 aliphatic heterocycles. The van der Waals surface area contributed by atoms with Crippen LogP contribution in [0.3, 0.4) is 0 Å². The summed E-state index contributed by atoms with van der Waals surface area (Å²) in [5.74, 6) is -0.662. The minimum atomic E-state index is -4.02. The standard InChI is InChI=1S/C19H23N3O7S/c1-21(12-14-3-2-8-28-14)18(23)13-29-19(24)16-11-15(30(20,25)26)4-5-17(16)22-6-9-27-10-7-22/h2-5,8,11H,6-7,9-10,12-13H2,1H3,(H2,20,25,26). The van der Waals surface area contributed by atoms with E-state index >= 15 is 0 Å². The number of morpholine rings is 1. The van der Waals surface area contributed by atoms with Crippen LogP contribution in [0.15, 0.2) is 45.9 Å². The maximum Gasteiger partial charge on any atom is 0.340 e. The number of primary sulfonamides is 1. The van der Waals surface area contributed by atoms with E-state index in [1.165, 1.54) is 29.4 Å². The van der Waals surface area contributed by atoms with Crippen molar-refractivity contribution in [1.82, 2.24) is 4.90 Å². The smallest absolute Gasteiger partial charge is 0.340 e. The molecule has 0 aliphatic carbocycles. The molecule has 1 aromatic heterocycles. The van der Waals surface area contributed by atoms with Crippen LogP contribution in [0.5, 0.6) is 0 Å². The zero-order valence-electron chi connectivity index (χ0n) is 16.4. The van der Waals surface area contributed by atoms with Gasteiger partial charge in [0.25, 0.3) is 5.91 Å². The summed E-state index contributed by atoms with van der Waals surface area (Å²) in [6.45, 7) is 1.73. The van der Waals surface area contributed by atoms with E-state index in [0.29, 0.717) is 37.8 Å². The van der Waals surface area contributed by atoms with E-state index < -0.39 is 28.5 Å². The first-order valence-corrected chi connectivity index (χ1v) is 10.7. The molecule has 11 heteroatoms. The van der Waals surface area contributed by atoms with Gasteiger partial charge in [0, 0.05) is 20.1 Å². The number of ether oxygens (including phenoxy) is 2.